The summed E-state index contributed by atoms with van der Waals surface area (Å²) in [5, 5.41) is 0. The summed E-state index contributed by atoms with van der Waals surface area (Å²) in [7, 11) is 1.60. The van der Waals surface area contributed by atoms with Gasteiger partial charge in [-0.1, -0.05) is 12.8 Å². The number of carbonyl (C=O) groups excluding carboxylic acids is 1. The standard InChI is InChI=1S/C11H20O3/c1-13-11-14-10-8-6-4-2-3-5-7-9-12/h8-10H,2-7,11H2,1H3. The lowest BCUT2D eigenvalue weighted by molar-refractivity contribution is -0.107. The van der Waals surface area contributed by atoms with Crippen molar-refractivity contribution in [3.63, 3.8) is 0 Å². The summed E-state index contributed by atoms with van der Waals surface area (Å²) in [6, 6.07) is 0. The molecule has 3 heteroatoms. The topological polar surface area (TPSA) is 35.5 Å². The van der Waals surface area contributed by atoms with Crippen LogP contribution in [0.4, 0.5) is 0 Å². The molecule has 0 radical (unpaired) electrons. The van der Waals surface area contributed by atoms with Crippen LogP contribution in [0.15, 0.2) is 12.3 Å². The molecule has 0 aliphatic carbocycles. The van der Waals surface area contributed by atoms with Crippen LogP contribution >= 0.6 is 0 Å². The van der Waals surface area contributed by atoms with E-state index in [1.165, 1.54) is 6.42 Å². The molecule has 0 rings (SSSR count). The molecule has 14 heavy (non-hydrogen) atoms. The van der Waals surface area contributed by atoms with Gasteiger partial charge in [-0.15, -0.1) is 0 Å². The number of aldehydes is 1. The first kappa shape index (κ1) is 13.2. The van der Waals surface area contributed by atoms with E-state index < -0.39 is 0 Å². The van der Waals surface area contributed by atoms with Crippen LogP contribution in [0.25, 0.3) is 0 Å². The Morgan fingerprint density at radius 2 is 1.79 bits per heavy atom. The third-order valence-corrected chi connectivity index (χ3v) is 1.82. The largest absolute Gasteiger partial charge is 0.476 e. The lowest BCUT2D eigenvalue weighted by Crippen LogP contribution is -1.87. The maximum atomic E-state index is 10.0. The monoisotopic (exact) mass is 200 g/mol. The van der Waals surface area contributed by atoms with Crippen LogP contribution in [-0.4, -0.2) is 20.2 Å². The SMILES string of the molecule is COCOC=CCCCCCCC=O. The summed E-state index contributed by atoms with van der Waals surface area (Å²) in [6.07, 6.45) is 10.9. The Hall–Kier alpha value is -0.830. The maximum Gasteiger partial charge on any atom is 0.187 e. The van der Waals surface area contributed by atoms with Gasteiger partial charge in [0.1, 0.15) is 6.29 Å². The molecule has 0 unspecified atom stereocenters. The second-order valence-electron chi connectivity index (χ2n) is 3.10. The molecule has 82 valence electrons. The third kappa shape index (κ3) is 11.2. The molecule has 0 aliphatic heterocycles. The molecular formula is C11H20O3. The Balaban J connectivity index is 2.97. The van der Waals surface area contributed by atoms with Crippen molar-refractivity contribution >= 4 is 6.29 Å². The molecular weight excluding hydrogens is 180 g/mol. The highest BCUT2D eigenvalue weighted by molar-refractivity contribution is 5.48. The van der Waals surface area contributed by atoms with Crippen LogP contribution in [0.5, 0.6) is 0 Å². The van der Waals surface area contributed by atoms with Gasteiger partial charge >= 0.3 is 0 Å². The van der Waals surface area contributed by atoms with E-state index in [2.05, 4.69) is 0 Å². The molecule has 0 aromatic carbocycles. The second kappa shape index (κ2) is 12.2. The highest BCUT2D eigenvalue weighted by Gasteiger charge is 1.87. The lowest BCUT2D eigenvalue weighted by atomic mass is 10.1. The lowest BCUT2D eigenvalue weighted by Gasteiger charge is -1.97. The van der Waals surface area contributed by atoms with Crippen LogP contribution in [0.1, 0.15) is 38.5 Å². The van der Waals surface area contributed by atoms with Crippen molar-refractivity contribution < 1.29 is 14.3 Å². The molecule has 0 saturated heterocycles. The smallest absolute Gasteiger partial charge is 0.187 e. The van der Waals surface area contributed by atoms with Gasteiger partial charge in [0.2, 0.25) is 0 Å². The predicted molar refractivity (Wildman–Crippen MR) is 55.9 cm³/mol. The highest BCUT2D eigenvalue weighted by atomic mass is 16.7. The quantitative estimate of drug-likeness (QED) is 0.235. The first-order valence-corrected chi connectivity index (χ1v) is 5.11. The molecule has 0 aromatic heterocycles. The highest BCUT2D eigenvalue weighted by Crippen LogP contribution is 2.04. The third-order valence-electron chi connectivity index (χ3n) is 1.82. The van der Waals surface area contributed by atoms with E-state index in [4.69, 9.17) is 9.47 Å². The fraction of sp³-hybridized carbons (Fsp3) is 0.727. The number of methoxy groups -OCH3 is 1. The number of hydrogen-bond donors (Lipinski definition) is 0. The minimum Gasteiger partial charge on any atom is -0.476 e. The zero-order valence-corrected chi connectivity index (χ0v) is 8.91. The maximum absolute atomic E-state index is 10.0. The predicted octanol–water partition coefficient (Wildman–Crippen LogP) is 2.66. The zero-order valence-electron chi connectivity index (χ0n) is 8.91. The summed E-state index contributed by atoms with van der Waals surface area (Å²) in [5.74, 6) is 0. The molecule has 0 aliphatic rings. The summed E-state index contributed by atoms with van der Waals surface area (Å²) < 4.78 is 9.69. The van der Waals surface area contributed by atoms with Gasteiger partial charge in [0.05, 0.1) is 6.26 Å². The van der Waals surface area contributed by atoms with Crippen molar-refractivity contribution in [3.8, 4) is 0 Å². The van der Waals surface area contributed by atoms with Gasteiger partial charge in [-0.2, -0.15) is 0 Å². The second-order valence-corrected chi connectivity index (χ2v) is 3.10. The van der Waals surface area contributed by atoms with Crippen LogP contribution in [0.2, 0.25) is 0 Å². The Morgan fingerprint density at radius 3 is 2.43 bits per heavy atom. The zero-order chi connectivity index (χ0) is 10.5. The molecule has 0 bridgehead atoms. The molecule has 0 saturated carbocycles. The van der Waals surface area contributed by atoms with Crippen LogP contribution in [-0.2, 0) is 14.3 Å². The van der Waals surface area contributed by atoms with E-state index in [0.29, 0.717) is 13.2 Å². The molecule has 0 spiro atoms. The average molecular weight is 200 g/mol. The van der Waals surface area contributed by atoms with Crippen molar-refractivity contribution in [2.24, 2.45) is 0 Å². The van der Waals surface area contributed by atoms with E-state index in [-0.39, 0.29) is 0 Å². The van der Waals surface area contributed by atoms with Gasteiger partial charge in [0.25, 0.3) is 0 Å². The Morgan fingerprint density at radius 1 is 1.07 bits per heavy atom. The van der Waals surface area contributed by atoms with Crippen molar-refractivity contribution in [3.05, 3.63) is 12.3 Å². The molecule has 0 heterocycles. The van der Waals surface area contributed by atoms with Crippen molar-refractivity contribution in [1.29, 1.82) is 0 Å². The Kier molecular flexibility index (Phi) is 11.4. The van der Waals surface area contributed by atoms with E-state index in [1.54, 1.807) is 13.4 Å². The van der Waals surface area contributed by atoms with Crippen LogP contribution in [0, 0.1) is 0 Å². The summed E-state index contributed by atoms with van der Waals surface area (Å²) in [4.78, 5) is 10.0. The van der Waals surface area contributed by atoms with E-state index in [0.717, 1.165) is 32.0 Å². The molecule has 0 atom stereocenters. The molecule has 0 fully saturated rings. The number of hydrogen-bond acceptors (Lipinski definition) is 3. The number of carbonyl (C=O) groups is 1. The number of unbranched alkanes of at least 4 members (excludes halogenated alkanes) is 5. The Labute approximate surface area is 86.1 Å². The summed E-state index contributed by atoms with van der Waals surface area (Å²) >= 11 is 0. The van der Waals surface area contributed by atoms with E-state index >= 15 is 0 Å². The van der Waals surface area contributed by atoms with Gasteiger partial charge in [0.15, 0.2) is 6.79 Å². The van der Waals surface area contributed by atoms with E-state index in [1.807, 2.05) is 6.08 Å². The number of rotatable bonds is 10. The van der Waals surface area contributed by atoms with Gasteiger partial charge in [-0.05, 0) is 25.3 Å². The number of ether oxygens (including phenoxy) is 2. The molecule has 3 nitrogen and oxygen atoms in total. The minimum absolute atomic E-state index is 0.315. The minimum atomic E-state index is 0.315. The fourth-order valence-corrected chi connectivity index (χ4v) is 1.09. The number of allylic oxidation sites excluding steroid dienone is 1. The fourth-order valence-electron chi connectivity index (χ4n) is 1.09. The summed E-state index contributed by atoms with van der Waals surface area (Å²) in [6.45, 7) is 0.315. The van der Waals surface area contributed by atoms with Crippen LogP contribution in [0.3, 0.4) is 0 Å². The summed E-state index contributed by atoms with van der Waals surface area (Å²) in [5.41, 5.74) is 0. The van der Waals surface area contributed by atoms with Gasteiger partial charge < -0.3 is 14.3 Å². The molecule has 0 N–H and O–H groups in total. The normalized spacial score (nSPS) is 10.6. The average Bonchev–Trinajstić information content (AvgIpc) is 2.21. The van der Waals surface area contributed by atoms with Gasteiger partial charge in [-0.3, -0.25) is 0 Å². The first-order chi connectivity index (χ1) is 6.91. The van der Waals surface area contributed by atoms with Gasteiger partial charge in [0, 0.05) is 13.5 Å². The Bertz CT molecular complexity index is 143. The first-order valence-electron chi connectivity index (χ1n) is 5.11. The van der Waals surface area contributed by atoms with Crippen molar-refractivity contribution in [1.82, 2.24) is 0 Å². The van der Waals surface area contributed by atoms with Crippen molar-refractivity contribution in [2.75, 3.05) is 13.9 Å². The van der Waals surface area contributed by atoms with E-state index in [9.17, 15) is 4.79 Å². The van der Waals surface area contributed by atoms with Gasteiger partial charge in [-0.25, -0.2) is 0 Å². The van der Waals surface area contributed by atoms with Crippen LogP contribution < -0.4 is 0 Å². The molecule has 0 amide bonds. The molecule has 0 aromatic rings. The van der Waals surface area contributed by atoms with Crippen molar-refractivity contribution in [2.45, 2.75) is 38.5 Å².